The summed E-state index contributed by atoms with van der Waals surface area (Å²) < 4.78 is 0. The molecular weight excluding hydrogens is 650 g/mol. The lowest BCUT2D eigenvalue weighted by Crippen LogP contribution is -3.00. The number of nitrogens with two attached hydrogens (primary N) is 3. The van der Waals surface area contributed by atoms with Gasteiger partial charge in [0, 0.05) is 38.1 Å². The lowest BCUT2D eigenvalue weighted by molar-refractivity contribution is -0.127. The van der Waals surface area contributed by atoms with Crippen LogP contribution >= 0.6 is 0 Å². The highest BCUT2D eigenvalue weighted by molar-refractivity contribution is 5.98. The van der Waals surface area contributed by atoms with E-state index in [2.05, 4.69) is 20.9 Å². The van der Waals surface area contributed by atoms with Crippen molar-refractivity contribution in [2.45, 2.75) is 37.8 Å². The Morgan fingerprint density at radius 3 is 2.14 bits per heavy atom. The third kappa shape index (κ3) is 14.3. The molecule has 3 rings (SSSR count). The van der Waals surface area contributed by atoms with Crippen LogP contribution in [0.1, 0.15) is 24.8 Å². The zero-order chi connectivity index (χ0) is 28.7. The first-order valence-electron chi connectivity index (χ1n) is 13.6. The van der Waals surface area contributed by atoms with Gasteiger partial charge in [-0.25, -0.2) is 4.79 Å². The van der Waals surface area contributed by atoms with E-state index in [4.69, 9.17) is 17.2 Å². The number of aromatic nitrogens is 1. The molecular formula is C29H40Cl4N8O3-4. The SMILES string of the molecule is NCCN(CCN)C(=O)NCCC[C@H](N)C(=O)N[C@H](CCc1ccccc1)C(=O)Nc1cnc2ccccc2c1.[Cl-].[Cl-].[Cl-].[Cl-]. The maximum absolute atomic E-state index is 13.3. The van der Waals surface area contributed by atoms with Crippen LogP contribution in [0.2, 0.25) is 0 Å². The monoisotopic (exact) mass is 688 g/mol. The molecule has 0 spiro atoms. The van der Waals surface area contributed by atoms with E-state index in [1.165, 1.54) is 0 Å². The van der Waals surface area contributed by atoms with Gasteiger partial charge in [0.15, 0.2) is 0 Å². The van der Waals surface area contributed by atoms with Crippen molar-refractivity contribution in [3.05, 3.63) is 72.4 Å². The summed E-state index contributed by atoms with van der Waals surface area (Å²) in [5.41, 5.74) is 19.7. The molecule has 0 radical (unpaired) electrons. The van der Waals surface area contributed by atoms with Crippen molar-refractivity contribution >= 4 is 34.4 Å². The standard InChI is InChI=1S/C29H40N8O3.4ClH/c30-14-17-37(18-15-31)29(40)33-16-6-10-24(32)27(38)36-26(13-12-21-7-2-1-3-8-21)28(39)35-23-19-22-9-4-5-11-25(22)34-20-23;;;;/h1-5,7-9,11,19-20,24,26H,6,10,12-18,30-32H2,(H,33,40)(H,35,39)(H,36,38);4*1H/p-4/t24-,26+;;;;/m0..../s1. The number of hydrogen-bond acceptors (Lipinski definition) is 7. The molecule has 4 amide bonds. The number of carbonyl (C=O) groups excluding carboxylic acids is 3. The summed E-state index contributed by atoms with van der Waals surface area (Å²) in [6.07, 6.45) is 3.41. The molecule has 0 aliphatic heterocycles. The number of carbonyl (C=O) groups is 3. The first kappa shape index (κ1) is 43.2. The molecule has 11 nitrogen and oxygen atoms in total. The summed E-state index contributed by atoms with van der Waals surface area (Å²) in [5.74, 6) is -0.773. The van der Waals surface area contributed by atoms with E-state index < -0.39 is 18.0 Å². The average Bonchev–Trinajstić information content (AvgIpc) is 2.97. The van der Waals surface area contributed by atoms with Gasteiger partial charge in [-0.15, -0.1) is 0 Å². The first-order valence-corrected chi connectivity index (χ1v) is 13.6. The summed E-state index contributed by atoms with van der Waals surface area (Å²) in [4.78, 5) is 44.4. The number of amides is 4. The number of nitrogens with zero attached hydrogens (tertiary/aromatic N) is 2. The molecule has 0 saturated carbocycles. The molecule has 0 unspecified atom stereocenters. The third-order valence-corrected chi connectivity index (χ3v) is 6.45. The molecule has 15 heteroatoms. The fourth-order valence-corrected chi connectivity index (χ4v) is 4.26. The minimum absolute atomic E-state index is 0. The number of urea groups is 1. The second-order valence-electron chi connectivity index (χ2n) is 9.54. The molecule has 0 saturated heterocycles. The Kier molecular flexibility index (Phi) is 23.1. The van der Waals surface area contributed by atoms with Gasteiger partial charge in [0.05, 0.1) is 23.4 Å². The molecule has 1 aromatic heterocycles. The highest BCUT2D eigenvalue weighted by Gasteiger charge is 2.24. The van der Waals surface area contributed by atoms with E-state index in [0.717, 1.165) is 16.5 Å². The van der Waals surface area contributed by atoms with E-state index in [-0.39, 0.29) is 61.6 Å². The molecule has 3 aromatic rings. The second kappa shape index (κ2) is 23.5. The van der Waals surface area contributed by atoms with Crippen LogP contribution in [0.5, 0.6) is 0 Å². The van der Waals surface area contributed by atoms with Gasteiger partial charge in [-0.2, -0.15) is 0 Å². The maximum atomic E-state index is 13.3. The van der Waals surface area contributed by atoms with E-state index in [9.17, 15) is 14.4 Å². The van der Waals surface area contributed by atoms with Crippen molar-refractivity contribution in [2.75, 3.05) is 38.0 Å². The second-order valence-corrected chi connectivity index (χ2v) is 9.54. The Balaban J connectivity index is 0. The smallest absolute Gasteiger partial charge is 0.317 e. The van der Waals surface area contributed by atoms with Crippen LogP contribution in [0.25, 0.3) is 10.9 Å². The number of fused-ring (bicyclic) bond motifs is 1. The molecule has 2 atom stereocenters. The van der Waals surface area contributed by atoms with E-state index in [1.807, 2.05) is 60.7 Å². The summed E-state index contributed by atoms with van der Waals surface area (Å²) >= 11 is 0. The lowest BCUT2D eigenvalue weighted by Gasteiger charge is -2.22. The minimum atomic E-state index is -0.838. The Bertz CT molecular complexity index is 1250. The summed E-state index contributed by atoms with van der Waals surface area (Å²) in [6, 6.07) is 17.3. The van der Waals surface area contributed by atoms with Gasteiger partial charge in [-0.05, 0) is 43.4 Å². The number of rotatable bonds is 15. The third-order valence-electron chi connectivity index (χ3n) is 6.45. The Hall–Kier alpha value is -2.90. The number of para-hydroxylation sites is 1. The maximum Gasteiger partial charge on any atom is 0.317 e. The van der Waals surface area contributed by atoms with Crippen LogP contribution in [-0.4, -0.2) is 72.5 Å². The van der Waals surface area contributed by atoms with Crippen LogP contribution in [0, 0.1) is 0 Å². The lowest BCUT2D eigenvalue weighted by atomic mass is 10.0. The fraction of sp³-hybridized carbons (Fsp3) is 0.379. The van der Waals surface area contributed by atoms with Gasteiger partial charge in [-0.3, -0.25) is 14.6 Å². The van der Waals surface area contributed by atoms with Gasteiger partial charge < -0.3 is 87.7 Å². The highest BCUT2D eigenvalue weighted by Crippen LogP contribution is 2.17. The van der Waals surface area contributed by atoms with Crippen molar-refractivity contribution in [3.63, 3.8) is 0 Å². The number of hydrogen-bond donors (Lipinski definition) is 6. The number of anilines is 1. The van der Waals surface area contributed by atoms with Crippen LogP contribution in [0.15, 0.2) is 66.9 Å². The van der Waals surface area contributed by atoms with Crippen molar-refractivity contribution in [1.29, 1.82) is 0 Å². The summed E-state index contributed by atoms with van der Waals surface area (Å²) in [5, 5.41) is 9.41. The van der Waals surface area contributed by atoms with Gasteiger partial charge >= 0.3 is 6.03 Å². The average molecular weight is 691 g/mol. The number of nitrogens with one attached hydrogen (secondary N) is 3. The summed E-state index contributed by atoms with van der Waals surface area (Å²) in [7, 11) is 0. The number of pyridine rings is 1. The van der Waals surface area contributed by atoms with Crippen molar-refractivity contribution in [2.24, 2.45) is 17.2 Å². The summed E-state index contributed by atoms with van der Waals surface area (Å²) in [6.45, 7) is 1.85. The van der Waals surface area contributed by atoms with Crippen molar-refractivity contribution in [3.8, 4) is 0 Å². The Labute approximate surface area is 283 Å². The van der Waals surface area contributed by atoms with Crippen LogP contribution in [0.4, 0.5) is 10.5 Å². The number of halogens is 4. The number of benzene rings is 2. The normalized spacial score (nSPS) is 11.2. The zero-order valence-corrected chi connectivity index (χ0v) is 27.3. The molecule has 0 bridgehead atoms. The molecule has 246 valence electrons. The zero-order valence-electron chi connectivity index (χ0n) is 24.2. The van der Waals surface area contributed by atoms with Crippen molar-refractivity contribution in [1.82, 2.24) is 20.5 Å². The molecule has 0 fully saturated rings. The van der Waals surface area contributed by atoms with Gasteiger partial charge in [0.1, 0.15) is 6.04 Å². The van der Waals surface area contributed by atoms with Crippen LogP contribution in [0.3, 0.4) is 0 Å². The molecule has 1 heterocycles. The highest BCUT2D eigenvalue weighted by atomic mass is 35.5. The molecule has 2 aromatic carbocycles. The quantitative estimate of drug-likeness (QED) is 0.0857. The van der Waals surface area contributed by atoms with Crippen molar-refractivity contribution < 1.29 is 64.0 Å². The predicted octanol–water partition coefficient (Wildman–Crippen LogP) is -10.7. The first-order chi connectivity index (χ1) is 19.4. The van der Waals surface area contributed by atoms with Crippen LogP contribution < -0.4 is 82.8 Å². The van der Waals surface area contributed by atoms with E-state index >= 15 is 0 Å². The molecule has 9 N–H and O–H groups in total. The predicted molar refractivity (Wildman–Crippen MR) is 157 cm³/mol. The molecule has 44 heavy (non-hydrogen) atoms. The van der Waals surface area contributed by atoms with Crippen LogP contribution in [-0.2, 0) is 16.0 Å². The van der Waals surface area contributed by atoms with E-state index in [1.54, 1.807) is 11.1 Å². The Morgan fingerprint density at radius 1 is 0.841 bits per heavy atom. The number of aryl methyl sites for hydroxylation is 1. The fourth-order valence-electron chi connectivity index (χ4n) is 4.26. The van der Waals surface area contributed by atoms with Gasteiger partial charge in [-0.1, -0.05) is 48.5 Å². The van der Waals surface area contributed by atoms with E-state index in [0.29, 0.717) is 64.1 Å². The minimum Gasteiger partial charge on any atom is -1.00 e. The molecule has 0 aliphatic rings. The Morgan fingerprint density at radius 2 is 1.48 bits per heavy atom. The van der Waals surface area contributed by atoms with Gasteiger partial charge in [0.25, 0.3) is 0 Å². The van der Waals surface area contributed by atoms with Gasteiger partial charge in [0.2, 0.25) is 11.8 Å². The largest absolute Gasteiger partial charge is 1.00 e. The topological polar surface area (TPSA) is 181 Å². The molecule has 0 aliphatic carbocycles.